The van der Waals surface area contributed by atoms with Crippen LogP contribution in [0.15, 0.2) is 46.7 Å². The average molecular weight is 478 g/mol. The third-order valence-electron chi connectivity index (χ3n) is 3.25. The van der Waals surface area contributed by atoms with Crippen molar-refractivity contribution in [1.82, 2.24) is 5.43 Å². The number of nitrogens with zero attached hydrogens (tertiary/aromatic N) is 2. The zero-order chi connectivity index (χ0) is 21.2. The summed E-state index contributed by atoms with van der Waals surface area (Å²) in [5.74, 6) is 0.00917. The molecule has 3 N–H and O–H groups in total. The number of nitrogens with one attached hydrogen (secondary N) is 1. The van der Waals surface area contributed by atoms with E-state index < -0.39 is 5.91 Å². The Hall–Kier alpha value is -2.19. The standard InChI is InChI=1S/C18H16Cl4N4O3/c19-12-2-1-11(14(21)7-12)9-29-24-6-5-18(27)26-25-17(23)10-28-16-4-3-13(20)8-15(16)22/h1-4,6-8H,5,9-10H2,(H2,23,25)(H,26,27). The number of halogens is 4. The molecule has 154 valence electrons. The van der Waals surface area contributed by atoms with Gasteiger partial charge in [0.2, 0.25) is 5.91 Å². The number of benzene rings is 2. The lowest BCUT2D eigenvalue weighted by Gasteiger charge is -2.07. The fraction of sp³-hybridized carbons (Fsp3) is 0.167. The van der Waals surface area contributed by atoms with Crippen LogP contribution in [0.1, 0.15) is 12.0 Å². The van der Waals surface area contributed by atoms with Crippen LogP contribution in [0.4, 0.5) is 0 Å². The number of hydrazone groups is 1. The zero-order valence-corrected chi connectivity index (χ0v) is 17.9. The highest BCUT2D eigenvalue weighted by Crippen LogP contribution is 2.27. The summed E-state index contributed by atoms with van der Waals surface area (Å²) >= 11 is 23.6. The molecule has 0 aromatic heterocycles. The Balaban J connectivity index is 1.69. The van der Waals surface area contributed by atoms with Gasteiger partial charge in [0.25, 0.3) is 0 Å². The van der Waals surface area contributed by atoms with Crippen LogP contribution in [0.3, 0.4) is 0 Å². The molecule has 0 heterocycles. The average Bonchev–Trinajstić information content (AvgIpc) is 2.67. The zero-order valence-electron chi connectivity index (χ0n) is 14.9. The van der Waals surface area contributed by atoms with Gasteiger partial charge in [0.15, 0.2) is 5.84 Å². The minimum Gasteiger partial charge on any atom is -0.484 e. The molecule has 2 aromatic carbocycles. The lowest BCUT2D eigenvalue weighted by atomic mass is 10.2. The van der Waals surface area contributed by atoms with Crippen molar-refractivity contribution >= 4 is 64.4 Å². The molecule has 0 aliphatic carbocycles. The van der Waals surface area contributed by atoms with Crippen LogP contribution in [0.5, 0.6) is 5.75 Å². The molecule has 0 aliphatic rings. The fourth-order valence-corrected chi connectivity index (χ4v) is 2.80. The number of hydrogen-bond donors (Lipinski definition) is 2. The monoisotopic (exact) mass is 476 g/mol. The first-order chi connectivity index (χ1) is 13.8. The van der Waals surface area contributed by atoms with Crippen molar-refractivity contribution < 1.29 is 14.4 Å². The SMILES string of the molecule is NC(COc1ccc(Cl)cc1Cl)=NNC(=O)CC=NOCc1ccc(Cl)cc1Cl. The summed E-state index contributed by atoms with van der Waals surface area (Å²) in [6.45, 7) is 0.0739. The summed E-state index contributed by atoms with van der Waals surface area (Å²) < 4.78 is 5.39. The van der Waals surface area contributed by atoms with Gasteiger partial charge in [-0.05, 0) is 30.3 Å². The van der Waals surface area contributed by atoms with E-state index in [1.54, 1.807) is 30.3 Å². The number of amides is 1. The Bertz CT molecular complexity index is 922. The number of carbonyl (C=O) groups is 1. The molecule has 2 aromatic rings. The molecular weight excluding hydrogens is 462 g/mol. The summed E-state index contributed by atoms with van der Waals surface area (Å²) in [5.41, 5.74) is 8.67. The largest absolute Gasteiger partial charge is 0.484 e. The molecule has 1 amide bonds. The number of hydrogen-bond acceptors (Lipinski definition) is 5. The summed E-state index contributed by atoms with van der Waals surface area (Å²) in [6, 6.07) is 9.78. The minimum atomic E-state index is -0.436. The molecule has 2 rings (SSSR count). The summed E-state index contributed by atoms with van der Waals surface area (Å²) in [6.07, 6.45) is 1.23. The van der Waals surface area contributed by atoms with E-state index in [1.165, 1.54) is 12.3 Å². The van der Waals surface area contributed by atoms with Crippen LogP contribution in [0, 0.1) is 0 Å². The van der Waals surface area contributed by atoms with Gasteiger partial charge >= 0.3 is 0 Å². The number of ether oxygens (including phenoxy) is 1. The van der Waals surface area contributed by atoms with Crippen LogP contribution in [-0.4, -0.2) is 24.6 Å². The van der Waals surface area contributed by atoms with Crippen LogP contribution in [-0.2, 0) is 16.2 Å². The van der Waals surface area contributed by atoms with Gasteiger partial charge in [-0.15, -0.1) is 0 Å². The van der Waals surface area contributed by atoms with E-state index in [-0.39, 0.29) is 25.5 Å². The lowest BCUT2D eigenvalue weighted by Crippen LogP contribution is -2.27. The van der Waals surface area contributed by atoms with E-state index in [2.05, 4.69) is 15.7 Å². The first kappa shape index (κ1) is 23.1. The molecule has 0 spiro atoms. The molecule has 0 unspecified atom stereocenters. The second-order valence-electron chi connectivity index (χ2n) is 5.50. The third-order valence-corrected chi connectivity index (χ3v) is 4.37. The van der Waals surface area contributed by atoms with E-state index in [0.717, 1.165) is 5.56 Å². The van der Waals surface area contributed by atoms with Crippen LogP contribution in [0.2, 0.25) is 20.1 Å². The summed E-state index contributed by atoms with van der Waals surface area (Å²) in [4.78, 5) is 16.8. The summed E-state index contributed by atoms with van der Waals surface area (Å²) in [7, 11) is 0. The maximum Gasteiger partial charge on any atom is 0.245 e. The van der Waals surface area contributed by atoms with E-state index in [0.29, 0.717) is 25.8 Å². The minimum absolute atomic E-state index is 0.0509. The van der Waals surface area contributed by atoms with Gasteiger partial charge in [-0.3, -0.25) is 4.79 Å². The summed E-state index contributed by atoms with van der Waals surface area (Å²) in [5, 5.41) is 9.22. The number of rotatable bonds is 9. The topological polar surface area (TPSA) is 98.3 Å². The third kappa shape index (κ3) is 8.37. The molecule has 0 radical (unpaired) electrons. The Morgan fingerprint density at radius 2 is 1.76 bits per heavy atom. The highest BCUT2D eigenvalue weighted by Gasteiger charge is 2.05. The molecule has 0 saturated heterocycles. The van der Waals surface area contributed by atoms with Gasteiger partial charge in [-0.1, -0.05) is 57.6 Å². The number of carbonyl (C=O) groups excluding carboxylic acids is 1. The van der Waals surface area contributed by atoms with Crippen molar-refractivity contribution in [3.63, 3.8) is 0 Å². The number of nitrogens with two attached hydrogens (primary N) is 1. The van der Waals surface area contributed by atoms with Gasteiger partial charge in [0, 0.05) is 20.6 Å². The predicted molar refractivity (Wildman–Crippen MR) is 116 cm³/mol. The van der Waals surface area contributed by atoms with Crippen molar-refractivity contribution in [3.8, 4) is 5.75 Å². The van der Waals surface area contributed by atoms with Crippen LogP contribution in [0.25, 0.3) is 0 Å². The van der Waals surface area contributed by atoms with E-state index in [4.69, 9.17) is 61.7 Å². The first-order valence-corrected chi connectivity index (χ1v) is 9.63. The van der Waals surface area contributed by atoms with Crippen molar-refractivity contribution in [2.45, 2.75) is 13.0 Å². The van der Waals surface area contributed by atoms with Crippen molar-refractivity contribution in [2.24, 2.45) is 16.0 Å². The predicted octanol–water partition coefficient (Wildman–Crippen LogP) is 4.66. The molecule has 11 heteroatoms. The maximum absolute atomic E-state index is 11.7. The second kappa shape index (κ2) is 11.7. The number of amidine groups is 1. The Labute approximate surface area is 187 Å². The second-order valence-corrected chi connectivity index (χ2v) is 7.19. The van der Waals surface area contributed by atoms with Gasteiger partial charge in [0.1, 0.15) is 19.0 Å². The highest BCUT2D eigenvalue weighted by atomic mass is 35.5. The molecule has 0 atom stereocenters. The van der Waals surface area contributed by atoms with Crippen molar-refractivity contribution in [3.05, 3.63) is 62.1 Å². The maximum atomic E-state index is 11.7. The van der Waals surface area contributed by atoms with Gasteiger partial charge in [-0.2, -0.15) is 5.10 Å². The van der Waals surface area contributed by atoms with Gasteiger partial charge in [-0.25, -0.2) is 5.43 Å². The normalized spacial score (nSPS) is 11.5. The van der Waals surface area contributed by atoms with Crippen molar-refractivity contribution in [1.29, 1.82) is 0 Å². The smallest absolute Gasteiger partial charge is 0.245 e. The Morgan fingerprint density at radius 1 is 1.07 bits per heavy atom. The quantitative estimate of drug-likeness (QED) is 0.311. The van der Waals surface area contributed by atoms with E-state index in [9.17, 15) is 4.79 Å². The van der Waals surface area contributed by atoms with Crippen LogP contribution >= 0.6 is 46.4 Å². The van der Waals surface area contributed by atoms with Gasteiger partial charge < -0.3 is 15.3 Å². The fourth-order valence-electron chi connectivity index (χ4n) is 1.87. The molecular formula is C18H16Cl4N4O3. The Morgan fingerprint density at radius 3 is 2.45 bits per heavy atom. The van der Waals surface area contributed by atoms with E-state index >= 15 is 0 Å². The van der Waals surface area contributed by atoms with Gasteiger partial charge in [0.05, 0.1) is 17.7 Å². The lowest BCUT2D eigenvalue weighted by molar-refractivity contribution is -0.119. The Kier molecular flexibility index (Phi) is 9.34. The van der Waals surface area contributed by atoms with E-state index in [1.807, 2.05) is 0 Å². The molecule has 29 heavy (non-hydrogen) atoms. The highest BCUT2D eigenvalue weighted by molar-refractivity contribution is 6.35. The molecule has 0 saturated carbocycles. The molecule has 7 nitrogen and oxygen atoms in total. The van der Waals surface area contributed by atoms with Crippen LogP contribution < -0.4 is 15.9 Å². The molecule has 0 aliphatic heterocycles. The first-order valence-electron chi connectivity index (χ1n) is 8.11. The van der Waals surface area contributed by atoms with Crippen molar-refractivity contribution in [2.75, 3.05) is 6.61 Å². The molecule has 0 fully saturated rings. The number of oxime groups is 1. The molecule has 0 bridgehead atoms.